The molecular weight excluding hydrogens is 357 g/mol. The van der Waals surface area contributed by atoms with E-state index in [1.807, 2.05) is 37.1 Å². The van der Waals surface area contributed by atoms with Gasteiger partial charge in [-0.15, -0.1) is 0 Å². The summed E-state index contributed by atoms with van der Waals surface area (Å²) in [6, 6.07) is 13.1. The van der Waals surface area contributed by atoms with Gasteiger partial charge in [0.25, 0.3) is 11.8 Å². The highest BCUT2D eigenvalue weighted by Gasteiger charge is 2.43. The number of amides is 2. The Labute approximate surface area is 163 Å². The van der Waals surface area contributed by atoms with Gasteiger partial charge < -0.3 is 9.80 Å². The van der Waals surface area contributed by atoms with Crippen LogP contribution in [0, 0.1) is 12.7 Å². The van der Waals surface area contributed by atoms with E-state index in [1.54, 1.807) is 18.2 Å². The lowest BCUT2D eigenvalue weighted by atomic mass is 10.0. The number of para-hydroxylation sites is 1. The van der Waals surface area contributed by atoms with Gasteiger partial charge in [-0.3, -0.25) is 9.59 Å². The van der Waals surface area contributed by atoms with Crippen LogP contribution in [0.2, 0.25) is 0 Å². The standard InChI is InChI=1S/C22H22FN3O2/c1-15-5-3-4-6-18(15)26-21(27)19(16-7-9-17(23)10-8-16)20(22(26)28)25-13-11-24(2)12-14-25/h3-10H,11-14H2,1-2H3. The summed E-state index contributed by atoms with van der Waals surface area (Å²) in [5.41, 5.74) is 2.75. The average molecular weight is 379 g/mol. The number of carbonyl (C=O) groups is 2. The van der Waals surface area contributed by atoms with Crippen LogP contribution in [0.3, 0.4) is 0 Å². The molecule has 2 aromatic rings. The van der Waals surface area contributed by atoms with Gasteiger partial charge in [-0.05, 0) is 43.3 Å². The zero-order valence-electron chi connectivity index (χ0n) is 16.0. The Hall–Kier alpha value is -2.99. The van der Waals surface area contributed by atoms with Crippen LogP contribution in [0.5, 0.6) is 0 Å². The largest absolute Gasteiger partial charge is 0.364 e. The number of halogens is 1. The Morgan fingerprint density at radius 1 is 0.857 bits per heavy atom. The molecule has 0 spiro atoms. The summed E-state index contributed by atoms with van der Waals surface area (Å²) in [6.45, 7) is 4.83. The Bertz CT molecular complexity index is 960. The van der Waals surface area contributed by atoms with Crippen molar-refractivity contribution < 1.29 is 14.0 Å². The van der Waals surface area contributed by atoms with E-state index in [0.717, 1.165) is 18.7 Å². The maximum Gasteiger partial charge on any atom is 0.282 e. The van der Waals surface area contributed by atoms with Crippen molar-refractivity contribution in [2.75, 3.05) is 38.1 Å². The third kappa shape index (κ3) is 3.10. The molecule has 6 heteroatoms. The fourth-order valence-corrected chi connectivity index (χ4v) is 3.75. The lowest BCUT2D eigenvalue weighted by molar-refractivity contribution is -0.120. The lowest BCUT2D eigenvalue weighted by Gasteiger charge is -2.34. The van der Waals surface area contributed by atoms with Crippen molar-refractivity contribution in [3.8, 4) is 0 Å². The van der Waals surface area contributed by atoms with Gasteiger partial charge in [-0.25, -0.2) is 9.29 Å². The maximum absolute atomic E-state index is 13.4. The predicted molar refractivity (Wildman–Crippen MR) is 106 cm³/mol. The number of imide groups is 1. The second-order valence-electron chi connectivity index (χ2n) is 7.25. The van der Waals surface area contributed by atoms with E-state index in [4.69, 9.17) is 0 Å². The minimum Gasteiger partial charge on any atom is -0.364 e. The van der Waals surface area contributed by atoms with E-state index in [9.17, 15) is 14.0 Å². The second kappa shape index (κ2) is 7.20. The number of hydrogen-bond acceptors (Lipinski definition) is 4. The molecule has 2 aliphatic heterocycles. The monoisotopic (exact) mass is 379 g/mol. The highest BCUT2D eigenvalue weighted by atomic mass is 19.1. The summed E-state index contributed by atoms with van der Waals surface area (Å²) in [7, 11) is 2.04. The molecule has 4 rings (SSSR count). The van der Waals surface area contributed by atoms with Crippen LogP contribution < -0.4 is 4.90 Å². The Morgan fingerprint density at radius 2 is 1.50 bits per heavy atom. The molecule has 28 heavy (non-hydrogen) atoms. The normalized spacial score (nSPS) is 18.4. The van der Waals surface area contributed by atoms with E-state index < -0.39 is 0 Å². The van der Waals surface area contributed by atoms with E-state index in [2.05, 4.69) is 4.90 Å². The molecule has 2 aliphatic rings. The van der Waals surface area contributed by atoms with Gasteiger partial charge in [0.2, 0.25) is 0 Å². The third-order valence-electron chi connectivity index (χ3n) is 5.37. The van der Waals surface area contributed by atoms with E-state index in [-0.39, 0.29) is 17.6 Å². The highest BCUT2D eigenvalue weighted by Crippen LogP contribution is 2.36. The minimum absolute atomic E-state index is 0.317. The summed E-state index contributed by atoms with van der Waals surface area (Å²) in [5.74, 6) is -1.05. The van der Waals surface area contributed by atoms with Gasteiger partial charge in [0.15, 0.2) is 0 Å². The van der Waals surface area contributed by atoms with Crippen molar-refractivity contribution in [3.63, 3.8) is 0 Å². The van der Waals surface area contributed by atoms with Crippen molar-refractivity contribution in [1.29, 1.82) is 0 Å². The SMILES string of the molecule is Cc1ccccc1N1C(=O)C(c2ccc(F)cc2)=C(N2CCN(C)CC2)C1=O. The van der Waals surface area contributed by atoms with Gasteiger partial charge in [0.05, 0.1) is 11.3 Å². The highest BCUT2D eigenvalue weighted by molar-refractivity contribution is 6.45. The summed E-state index contributed by atoms with van der Waals surface area (Å²) in [5, 5.41) is 0. The molecule has 144 valence electrons. The number of carbonyl (C=O) groups excluding carboxylic acids is 2. The molecule has 0 aliphatic carbocycles. The average Bonchev–Trinajstić information content (AvgIpc) is 2.94. The number of piperazine rings is 1. The fraction of sp³-hybridized carbons (Fsp3) is 0.273. The summed E-state index contributed by atoms with van der Waals surface area (Å²) in [6.07, 6.45) is 0. The molecule has 0 unspecified atom stereocenters. The zero-order valence-corrected chi connectivity index (χ0v) is 16.0. The molecular formula is C22H22FN3O2. The van der Waals surface area contributed by atoms with E-state index in [1.165, 1.54) is 17.0 Å². The summed E-state index contributed by atoms with van der Waals surface area (Å²) in [4.78, 5) is 32.2. The van der Waals surface area contributed by atoms with Gasteiger partial charge >= 0.3 is 0 Å². The second-order valence-corrected chi connectivity index (χ2v) is 7.25. The third-order valence-corrected chi connectivity index (χ3v) is 5.37. The number of aryl methyl sites for hydroxylation is 1. The first-order valence-corrected chi connectivity index (χ1v) is 9.35. The number of hydrogen-bond donors (Lipinski definition) is 0. The molecule has 1 saturated heterocycles. The van der Waals surface area contributed by atoms with Crippen molar-refractivity contribution in [1.82, 2.24) is 9.80 Å². The van der Waals surface area contributed by atoms with Crippen LogP contribution in [0.15, 0.2) is 54.2 Å². The molecule has 5 nitrogen and oxygen atoms in total. The molecule has 0 saturated carbocycles. The van der Waals surface area contributed by atoms with Crippen molar-refractivity contribution in [3.05, 3.63) is 71.2 Å². The fourth-order valence-electron chi connectivity index (χ4n) is 3.75. The number of nitrogens with zero attached hydrogens (tertiary/aromatic N) is 3. The number of likely N-dealkylation sites (N-methyl/N-ethyl adjacent to an activating group) is 1. The smallest absolute Gasteiger partial charge is 0.282 e. The molecule has 2 amide bonds. The van der Waals surface area contributed by atoms with Crippen molar-refractivity contribution >= 4 is 23.1 Å². The minimum atomic E-state index is -0.377. The Kier molecular flexibility index (Phi) is 4.73. The van der Waals surface area contributed by atoms with Gasteiger partial charge in [0, 0.05) is 26.2 Å². The molecule has 0 atom stereocenters. The van der Waals surface area contributed by atoms with Crippen molar-refractivity contribution in [2.24, 2.45) is 0 Å². The molecule has 0 bridgehead atoms. The predicted octanol–water partition coefficient (Wildman–Crippen LogP) is 2.67. The summed E-state index contributed by atoms with van der Waals surface area (Å²) >= 11 is 0. The molecule has 2 aromatic carbocycles. The quantitative estimate of drug-likeness (QED) is 0.769. The first-order chi connectivity index (χ1) is 13.5. The van der Waals surface area contributed by atoms with Crippen LogP contribution >= 0.6 is 0 Å². The molecule has 1 fully saturated rings. The first-order valence-electron chi connectivity index (χ1n) is 9.35. The Morgan fingerprint density at radius 3 is 2.14 bits per heavy atom. The van der Waals surface area contributed by atoms with Gasteiger partial charge in [0.1, 0.15) is 11.5 Å². The van der Waals surface area contributed by atoms with Crippen LogP contribution in [-0.4, -0.2) is 54.8 Å². The molecule has 0 N–H and O–H groups in total. The topological polar surface area (TPSA) is 43.9 Å². The van der Waals surface area contributed by atoms with Crippen LogP contribution in [0.1, 0.15) is 11.1 Å². The maximum atomic E-state index is 13.4. The van der Waals surface area contributed by atoms with Gasteiger partial charge in [-0.2, -0.15) is 0 Å². The molecule has 0 radical (unpaired) electrons. The summed E-state index contributed by atoms with van der Waals surface area (Å²) < 4.78 is 13.4. The Balaban J connectivity index is 1.82. The lowest BCUT2D eigenvalue weighted by Crippen LogP contribution is -2.46. The van der Waals surface area contributed by atoms with Crippen LogP contribution in [0.4, 0.5) is 10.1 Å². The number of anilines is 1. The molecule has 2 heterocycles. The van der Waals surface area contributed by atoms with Crippen LogP contribution in [-0.2, 0) is 9.59 Å². The van der Waals surface area contributed by atoms with E-state index in [0.29, 0.717) is 35.6 Å². The zero-order chi connectivity index (χ0) is 19.8. The number of rotatable bonds is 3. The number of benzene rings is 2. The van der Waals surface area contributed by atoms with Crippen LogP contribution in [0.25, 0.3) is 5.57 Å². The van der Waals surface area contributed by atoms with Gasteiger partial charge in [-0.1, -0.05) is 30.3 Å². The first kappa shape index (κ1) is 18.4. The molecule has 0 aromatic heterocycles. The van der Waals surface area contributed by atoms with E-state index >= 15 is 0 Å². The van der Waals surface area contributed by atoms with Crippen molar-refractivity contribution in [2.45, 2.75) is 6.92 Å².